The van der Waals surface area contributed by atoms with Gasteiger partial charge in [-0.15, -0.1) is 0 Å². The number of hydrogen-bond acceptors (Lipinski definition) is 4. The summed E-state index contributed by atoms with van der Waals surface area (Å²) in [6, 6.07) is 5.54. The average Bonchev–Trinajstić information content (AvgIpc) is 2.45. The molecule has 0 bridgehead atoms. The Kier molecular flexibility index (Phi) is 5.46. The molecular formula is C17H20BrNO4. The van der Waals surface area contributed by atoms with Crippen LogP contribution in [0.3, 0.4) is 0 Å². The van der Waals surface area contributed by atoms with E-state index in [4.69, 9.17) is 9.47 Å². The van der Waals surface area contributed by atoms with Crippen molar-refractivity contribution in [1.29, 1.82) is 0 Å². The summed E-state index contributed by atoms with van der Waals surface area (Å²) < 4.78 is 11.6. The van der Waals surface area contributed by atoms with E-state index in [2.05, 4.69) is 21.2 Å². The van der Waals surface area contributed by atoms with Gasteiger partial charge in [0.1, 0.15) is 5.75 Å². The maximum Gasteiger partial charge on any atom is 0.336 e. The summed E-state index contributed by atoms with van der Waals surface area (Å²) in [6.07, 6.45) is -0.0577. The van der Waals surface area contributed by atoms with E-state index in [1.807, 2.05) is 18.2 Å². The van der Waals surface area contributed by atoms with E-state index in [-0.39, 0.29) is 18.4 Å². The van der Waals surface area contributed by atoms with Crippen molar-refractivity contribution in [1.82, 2.24) is 5.32 Å². The number of allylic oxidation sites excluding steroid dienone is 1. The Hall–Kier alpha value is -1.82. The van der Waals surface area contributed by atoms with E-state index in [0.29, 0.717) is 17.0 Å². The van der Waals surface area contributed by atoms with Gasteiger partial charge in [0.25, 0.3) is 0 Å². The van der Waals surface area contributed by atoms with E-state index in [0.717, 1.165) is 10.0 Å². The normalized spacial score (nSPS) is 18.0. The Bertz CT molecular complexity index is 667. The van der Waals surface area contributed by atoms with Gasteiger partial charge in [0.15, 0.2) is 0 Å². The summed E-state index contributed by atoms with van der Waals surface area (Å²) in [4.78, 5) is 24.5. The Balaban J connectivity index is 2.53. The molecule has 6 heteroatoms. The SMILES string of the molecule is COc1ccc(Br)cc1[C@@H]1CC(=O)NC(C)=C1C(=O)OC(C)C. The monoisotopic (exact) mass is 381 g/mol. The molecule has 0 saturated carbocycles. The number of benzene rings is 1. The number of ether oxygens (including phenoxy) is 2. The highest BCUT2D eigenvalue weighted by Crippen LogP contribution is 2.39. The number of nitrogens with one attached hydrogen (secondary N) is 1. The molecule has 1 heterocycles. The fourth-order valence-electron chi connectivity index (χ4n) is 2.69. The van der Waals surface area contributed by atoms with Crippen LogP contribution in [0.15, 0.2) is 33.9 Å². The molecule has 0 aromatic heterocycles. The van der Waals surface area contributed by atoms with Crippen molar-refractivity contribution in [3.63, 3.8) is 0 Å². The Labute approximate surface area is 144 Å². The van der Waals surface area contributed by atoms with Crippen LogP contribution in [0, 0.1) is 0 Å². The lowest BCUT2D eigenvalue weighted by molar-refractivity contribution is -0.143. The average molecular weight is 382 g/mol. The second-order valence-electron chi connectivity index (χ2n) is 5.68. The first kappa shape index (κ1) is 17.5. The number of hydrogen-bond donors (Lipinski definition) is 1. The van der Waals surface area contributed by atoms with Gasteiger partial charge in [-0.3, -0.25) is 4.79 Å². The maximum absolute atomic E-state index is 12.5. The van der Waals surface area contributed by atoms with Crippen molar-refractivity contribution in [2.24, 2.45) is 0 Å². The van der Waals surface area contributed by atoms with Gasteiger partial charge in [0.2, 0.25) is 5.91 Å². The molecule has 0 radical (unpaired) electrons. The van der Waals surface area contributed by atoms with Crippen molar-refractivity contribution in [2.75, 3.05) is 7.11 Å². The quantitative estimate of drug-likeness (QED) is 0.812. The largest absolute Gasteiger partial charge is 0.496 e. The lowest BCUT2D eigenvalue weighted by Crippen LogP contribution is -2.34. The molecule has 0 fully saturated rings. The predicted molar refractivity (Wildman–Crippen MR) is 90.1 cm³/mol. The number of esters is 1. The summed E-state index contributed by atoms with van der Waals surface area (Å²) in [5.41, 5.74) is 1.78. The molecule has 1 aromatic carbocycles. The van der Waals surface area contributed by atoms with Crippen molar-refractivity contribution < 1.29 is 19.1 Å². The Morgan fingerprint density at radius 1 is 1.39 bits per heavy atom. The third-order valence-corrected chi connectivity index (χ3v) is 4.09. The molecule has 124 valence electrons. The zero-order chi connectivity index (χ0) is 17.1. The smallest absolute Gasteiger partial charge is 0.336 e. The van der Waals surface area contributed by atoms with Gasteiger partial charge >= 0.3 is 5.97 Å². The fourth-order valence-corrected chi connectivity index (χ4v) is 3.07. The van der Waals surface area contributed by atoms with E-state index in [9.17, 15) is 9.59 Å². The highest BCUT2D eigenvalue weighted by molar-refractivity contribution is 9.10. The van der Waals surface area contributed by atoms with Crippen LogP contribution >= 0.6 is 15.9 Å². The zero-order valence-corrected chi connectivity index (χ0v) is 15.2. The first-order valence-electron chi connectivity index (χ1n) is 7.38. The van der Waals surface area contributed by atoms with Gasteiger partial charge in [-0.05, 0) is 39.0 Å². The van der Waals surface area contributed by atoms with Gasteiger partial charge in [-0.25, -0.2) is 4.79 Å². The number of amides is 1. The Morgan fingerprint density at radius 2 is 2.09 bits per heavy atom. The van der Waals surface area contributed by atoms with Crippen LogP contribution in [0.1, 0.15) is 38.7 Å². The second kappa shape index (κ2) is 7.17. The third-order valence-electron chi connectivity index (χ3n) is 3.60. The van der Waals surface area contributed by atoms with Crippen LogP contribution in [0.4, 0.5) is 0 Å². The zero-order valence-electron chi connectivity index (χ0n) is 13.6. The maximum atomic E-state index is 12.5. The first-order chi connectivity index (χ1) is 10.8. The number of carbonyl (C=O) groups is 2. The topological polar surface area (TPSA) is 64.6 Å². The van der Waals surface area contributed by atoms with Gasteiger partial charge < -0.3 is 14.8 Å². The standard InChI is InChI=1S/C17H20BrNO4/c1-9(2)23-17(21)16-10(3)19-15(20)8-13(16)12-7-11(18)5-6-14(12)22-4/h5-7,9,13H,8H2,1-4H3,(H,19,20)/t13-/m0/s1. The summed E-state index contributed by atoms with van der Waals surface area (Å²) in [6.45, 7) is 5.30. The van der Waals surface area contributed by atoms with Crippen LogP contribution in [0.25, 0.3) is 0 Å². The second-order valence-corrected chi connectivity index (χ2v) is 6.60. The molecule has 1 aromatic rings. The van der Waals surface area contributed by atoms with Crippen LogP contribution < -0.4 is 10.1 Å². The fraction of sp³-hybridized carbons (Fsp3) is 0.412. The van der Waals surface area contributed by atoms with Gasteiger partial charge in [-0.2, -0.15) is 0 Å². The molecule has 0 saturated heterocycles. The van der Waals surface area contributed by atoms with Crippen molar-refractivity contribution >= 4 is 27.8 Å². The molecule has 0 aliphatic carbocycles. The summed E-state index contributed by atoms with van der Waals surface area (Å²) in [7, 11) is 1.57. The number of methoxy groups -OCH3 is 1. The van der Waals surface area contributed by atoms with Crippen molar-refractivity contribution in [3.05, 3.63) is 39.5 Å². The number of halogens is 1. The first-order valence-corrected chi connectivity index (χ1v) is 8.17. The summed E-state index contributed by atoms with van der Waals surface area (Å²) in [5.74, 6) is -0.307. The van der Waals surface area contributed by atoms with Crippen molar-refractivity contribution in [3.8, 4) is 5.75 Å². The molecule has 1 N–H and O–H groups in total. The molecule has 23 heavy (non-hydrogen) atoms. The minimum Gasteiger partial charge on any atom is -0.496 e. The van der Waals surface area contributed by atoms with E-state index >= 15 is 0 Å². The lowest BCUT2D eigenvalue weighted by atomic mass is 9.84. The molecule has 1 atom stereocenters. The minimum atomic E-state index is -0.412. The summed E-state index contributed by atoms with van der Waals surface area (Å²) in [5, 5.41) is 2.72. The van der Waals surface area contributed by atoms with Gasteiger partial charge in [-0.1, -0.05) is 15.9 Å². The van der Waals surface area contributed by atoms with E-state index in [1.54, 1.807) is 27.9 Å². The molecular weight excluding hydrogens is 362 g/mol. The van der Waals surface area contributed by atoms with Gasteiger partial charge in [0, 0.05) is 28.1 Å². The Morgan fingerprint density at radius 3 is 2.70 bits per heavy atom. The highest BCUT2D eigenvalue weighted by atomic mass is 79.9. The summed E-state index contributed by atoms with van der Waals surface area (Å²) >= 11 is 3.43. The van der Waals surface area contributed by atoms with Crippen LogP contribution in [-0.2, 0) is 14.3 Å². The molecule has 1 aliphatic heterocycles. The molecule has 0 unspecified atom stereocenters. The van der Waals surface area contributed by atoms with Crippen LogP contribution in [0.5, 0.6) is 5.75 Å². The van der Waals surface area contributed by atoms with E-state index in [1.165, 1.54) is 0 Å². The molecule has 5 nitrogen and oxygen atoms in total. The van der Waals surface area contributed by atoms with Crippen molar-refractivity contribution in [2.45, 2.75) is 39.2 Å². The lowest BCUT2D eigenvalue weighted by Gasteiger charge is -2.28. The molecule has 0 spiro atoms. The number of rotatable bonds is 4. The molecule has 1 aliphatic rings. The highest BCUT2D eigenvalue weighted by Gasteiger charge is 2.34. The predicted octanol–water partition coefficient (Wildman–Crippen LogP) is 3.29. The molecule has 1 amide bonds. The number of carbonyl (C=O) groups excluding carboxylic acids is 2. The van der Waals surface area contributed by atoms with Crippen LogP contribution in [-0.4, -0.2) is 25.1 Å². The van der Waals surface area contributed by atoms with Crippen LogP contribution in [0.2, 0.25) is 0 Å². The third kappa shape index (κ3) is 3.93. The van der Waals surface area contributed by atoms with Gasteiger partial charge in [0.05, 0.1) is 18.8 Å². The molecule has 2 rings (SSSR count). The minimum absolute atomic E-state index is 0.129. The van der Waals surface area contributed by atoms with E-state index < -0.39 is 11.9 Å².